The standard InChI is InChI=1S/C25H25N5O/c31-23-17-20(10-9-19-6-2-1-3-7-19)16-22-21(23)18-27-25(28-22)30-14-12-29(13-15-30)24-8-4-5-11-26-24/h1-11,18,20H,12-17H2/p+1/b10-9+/t20-/m0/s1. The minimum Gasteiger partial charge on any atom is -0.333 e. The van der Waals surface area contributed by atoms with Crippen LogP contribution in [0.5, 0.6) is 0 Å². The number of pyridine rings is 1. The van der Waals surface area contributed by atoms with Crippen LogP contribution in [0.25, 0.3) is 6.08 Å². The molecule has 0 bridgehead atoms. The Morgan fingerprint density at radius 1 is 0.935 bits per heavy atom. The number of fused-ring (bicyclic) bond motifs is 1. The largest absolute Gasteiger partial charge is 0.333 e. The van der Waals surface area contributed by atoms with Gasteiger partial charge in [0.2, 0.25) is 5.95 Å². The summed E-state index contributed by atoms with van der Waals surface area (Å²) in [5, 5.41) is 0. The number of carbonyl (C=O) groups excluding carboxylic acids is 1. The zero-order valence-corrected chi connectivity index (χ0v) is 17.4. The monoisotopic (exact) mass is 412 g/mol. The number of carbonyl (C=O) groups is 1. The second-order valence-electron chi connectivity index (χ2n) is 8.11. The minimum absolute atomic E-state index is 0.139. The predicted molar refractivity (Wildman–Crippen MR) is 121 cm³/mol. The van der Waals surface area contributed by atoms with Gasteiger partial charge in [-0.1, -0.05) is 48.6 Å². The smallest absolute Gasteiger partial charge is 0.274 e. The van der Waals surface area contributed by atoms with Crippen molar-refractivity contribution < 1.29 is 9.78 Å². The molecule has 0 amide bonds. The van der Waals surface area contributed by atoms with Gasteiger partial charge in [0.15, 0.2) is 5.78 Å². The highest BCUT2D eigenvalue weighted by Crippen LogP contribution is 2.27. The van der Waals surface area contributed by atoms with Crippen LogP contribution in [0, 0.1) is 5.92 Å². The summed E-state index contributed by atoms with van der Waals surface area (Å²) in [7, 11) is 0. The third-order valence-electron chi connectivity index (χ3n) is 6.01. The topological polar surface area (TPSA) is 63.5 Å². The quantitative estimate of drug-likeness (QED) is 0.659. The van der Waals surface area contributed by atoms with Crippen LogP contribution in [0.15, 0.2) is 67.0 Å². The Balaban J connectivity index is 1.28. The highest BCUT2D eigenvalue weighted by Gasteiger charge is 2.28. The molecule has 6 heteroatoms. The number of aromatic nitrogens is 3. The molecule has 31 heavy (non-hydrogen) atoms. The molecular weight excluding hydrogens is 386 g/mol. The Hall–Kier alpha value is -3.54. The average molecular weight is 413 g/mol. The summed E-state index contributed by atoms with van der Waals surface area (Å²) >= 11 is 0. The van der Waals surface area contributed by atoms with E-state index in [2.05, 4.69) is 50.1 Å². The normalized spacial score (nSPS) is 19.0. The molecule has 1 saturated heterocycles. The van der Waals surface area contributed by atoms with E-state index in [9.17, 15) is 4.79 Å². The van der Waals surface area contributed by atoms with Crippen molar-refractivity contribution in [2.45, 2.75) is 12.8 Å². The Bertz CT molecular complexity index is 1080. The molecule has 3 aromatic rings. The summed E-state index contributed by atoms with van der Waals surface area (Å²) in [6, 6.07) is 16.3. The number of nitrogens with zero attached hydrogens (tertiary/aromatic N) is 4. The van der Waals surface area contributed by atoms with Crippen LogP contribution in [0.2, 0.25) is 0 Å². The molecule has 6 nitrogen and oxygen atoms in total. The van der Waals surface area contributed by atoms with Crippen LogP contribution >= 0.6 is 0 Å². The Kier molecular flexibility index (Phi) is 5.44. The first-order valence-corrected chi connectivity index (χ1v) is 10.9. The van der Waals surface area contributed by atoms with Crippen LogP contribution in [0.3, 0.4) is 0 Å². The first-order valence-electron chi connectivity index (χ1n) is 10.9. The molecule has 2 aromatic heterocycles. The number of H-pyrrole nitrogens is 1. The van der Waals surface area contributed by atoms with E-state index < -0.39 is 0 Å². The average Bonchev–Trinajstić information content (AvgIpc) is 2.84. The first kappa shape index (κ1) is 19.4. The van der Waals surface area contributed by atoms with Crippen molar-refractivity contribution in [1.82, 2.24) is 9.97 Å². The number of aromatic amines is 1. The lowest BCUT2D eigenvalue weighted by Gasteiger charge is -2.31. The number of Topliss-reactive ketones (excluding diaryl/α,β-unsaturated/α-hetero) is 1. The molecule has 0 spiro atoms. The molecule has 1 aliphatic carbocycles. The second-order valence-corrected chi connectivity index (χ2v) is 8.11. The van der Waals surface area contributed by atoms with Gasteiger partial charge < -0.3 is 4.90 Å². The highest BCUT2D eigenvalue weighted by atomic mass is 16.1. The van der Waals surface area contributed by atoms with E-state index in [1.165, 1.54) is 0 Å². The number of piperazine rings is 1. The summed E-state index contributed by atoms with van der Waals surface area (Å²) in [6.07, 6.45) is 9.23. The summed E-state index contributed by atoms with van der Waals surface area (Å²) in [4.78, 5) is 29.9. The molecule has 1 N–H and O–H groups in total. The van der Waals surface area contributed by atoms with Gasteiger partial charge >= 0.3 is 0 Å². The van der Waals surface area contributed by atoms with Gasteiger partial charge in [-0.25, -0.2) is 15.0 Å². The van der Waals surface area contributed by atoms with Gasteiger partial charge in [0.1, 0.15) is 13.1 Å². The number of rotatable bonds is 4. The molecule has 3 heterocycles. The zero-order valence-electron chi connectivity index (χ0n) is 17.4. The fourth-order valence-corrected chi connectivity index (χ4v) is 4.29. The summed E-state index contributed by atoms with van der Waals surface area (Å²) in [5.74, 6) is 2.18. The van der Waals surface area contributed by atoms with Crippen molar-refractivity contribution in [2.75, 3.05) is 36.0 Å². The molecule has 1 aromatic carbocycles. The van der Waals surface area contributed by atoms with Gasteiger partial charge in [-0.15, -0.1) is 0 Å². The Morgan fingerprint density at radius 3 is 2.48 bits per heavy atom. The molecule has 1 aliphatic heterocycles. The summed E-state index contributed by atoms with van der Waals surface area (Å²) in [6.45, 7) is 3.52. The third-order valence-corrected chi connectivity index (χ3v) is 6.01. The van der Waals surface area contributed by atoms with E-state index in [0.717, 1.165) is 55.6 Å². The van der Waals surface area contributed by atoms with Gasteiger partial charge in [0, 0.05) is 18.7 Å². The Morgan fingerprint density at radius 2 is 1.71 bits per heavy atom. The van der Waals surface area contributed by atoms with Crippen LogP contribution in [0.4, 0.5) is 11.8 Å². The molecule has 156 valence electrons. The number of ketones is 1. The van der Waals surface area contributed by atoms with E-state index in [4.69, 9.17) is 4.98 Å². The van der Waals surface area contributed by atoms with Crippen molar-refractivity contribution in [2.24, 2.45) is 5.92 Å². The van der Waals surface area contributed by atoms with Crippen LogP contribution in [-0.2, 0) is 6.42 Å². The van der Waals surface area contributed by atoms with Crippen molar-refractivity contribution in [1.29, 1.82) is 0 Å². The number of benzene rings is 1. The molecule has 5 rings (SSSR count). The molecule has 0 radical (unpaired) electrons. The molecule has 1 fully saturated rings. The number of allylic oxidation sites excluding steroid dienone is 1. The van der Waals surface area contributed by atoms with Gasteiger partial charge in [0.25, 0.3) is 5.82 Å². The molecule has 0 saturated carbocycles. The Labute approximate surface area is 182 Å². The first-order chi connectivity index (χ1) is 15.3. The van der Waals surface area contributed by atoms with Gasteiger partial charge in [0.05, 0.1) is 30.5 Å². The van der Waals surface area contributed by atoms with Crippen molar-refractivity contribution >= 4 is 23.6 Å². The lowest BCUT2D eigenvalue weighted by Crippen LogP contribution is -2.48. The fourth-order valence-electron chi connectivity index (χ4n) is 4.29. The lowest BCUT2D eigenvalue weighted by molar-refractivity contribution is -0.364. The van der Waals surface area contributed by atoms with E-state index in [1.54, 1.807) is 6.20 Å². The van der Waals surface area contributed by atoms with E-state index in [-0.39, 0.29) is 11.7 Å². The SMILES string of the molecule is O=C1C[C@@H](/C=C/c2ccccc2)Cc2nc(N3CCN(c4cccc[nH+]4)CC3)ncc21. The summed E-state index contributed by atoms with van der Waals surface area (Å²) in [5.41, 5.74) is 2.71. The minimum atomic E-state index is 0.139. The van der Waals surface area contributed by atoms with Crippen molar-refractivity contribution in [3.8, 4) is 0 Å². The second kappa shape index (κ2) is 8.68. The van der Waals surface area contributed by atoms with Crippen LogP contribution in [0.1, 0.15) is 28.0 Å². The highest BCUT2D eigenvalue weighted by molar-refractivity contribution is 5.98. The predicted octanol–water partition coefficient (Wildman–Crippen LogP) is 3.08. The van der Waals surface area contributed by atoms with Crippen molar-refractivity contribution in [3.05, 3.63) is 83.8 Å². The van der Waals surface area contributed by atoms with Gasteiger partial charge in [-0.2, -0.15) is 0 Å². The molecular formula is C25H26N5O+. The van der Waals surface area contributed by atoms with Gasteiger partial charge in [-0.3, -0.25) is 9.69 Å². The maximum atomic E-state index is 12.7. The maximum absolute atomic E-state index is 12.7. The van der Waals surface area contributed by atoms with Crippen molar-refractivity contribution in [3.63, 3.8) is 0 Å². The fraction of sp³-hybridized carbons (Fsp3) is 0.280. The molecule has 0 unspecified atom stereocenters. The van der Waals surface area contributed by atoms with Gasteiger partial charge in [-0.05, 0) is 24.0 Å². The molecule has 2 aliphatic rings. The summed E-state index contributed by atoms with van der Waals surface area (Å²) < 4.78 is 0. The van der Waals surface area contributed by atoms with E-state index in [0.29, 0.717) is 12.0 Å². The number of anilines is 2. The zero-order chi connectivity index (χ0) is 21.0. The van der Waals surface area contributed by atoms with E-state index in [1.807, 2.05) is 36.5 Å². The van der Waals surface area contributed by atoms with Crippen LogP contribution in [-0.4, -0.2) is 41.9 Å². The third kappa shape index (κ3) is 4.33. The number of hydrogen-bond donors (Lipinski definition) is 0. The maximum Gasteiger partial charge on any atom is 0.274 e. The lowest BCUT2D eigenvalue weighted by atomic mass is 9.86. The number of nitrogens with one attached hydrogen (secondary N) is 1. The molecule has 1 atom stereocenters. The van der Waals surface area contributed by atoms with E-state index >= 15 is 0 Å². The number of hydrogen-bond acceptors (Lipinski definition) is 5. The van der Waals surface area contributed by atoms with Crippen LogP contribution < -0.4 is 14.8 Å².